The van der Waals surface area contributed by atoms with Crippen LogP contribution in [0.2, 0.25) is 0 Å². The second-order valence-electron chi connectivity index (χ2n) is 4.11. The summed E-state index contributed by atoms with van der Waals surface area (Å²) in [4.78, 5) is 11.6. The summed E-state index contributed by atoms with van der Waals surface area (Å²) in [6.45, 7) is 0. The highest BCUT2D eigenvalue weighted by Crippen LogP contribution is 2.11. The second kappa shape index (κ2) is 5.81. The number of hydrogen-bond acceptors (Lipinski definition) is 3. The molecule has 0 amide bonds. The summed E-state index contributed by atoms with van der Waals surface area (Å²) in [7, 11) is -4.18. The molecule has 0 aromatic heterocycles. The van der Waals surface area contributed by atoms with E-state index in [-0.39, 0.29) is 10.7 Å². The summed E-state index contributed by atoms with van der Waals surface area (Å²) in [5.41, 5.74) is 1.25. The molecule has 0 spiro atoms. The summed E-state index contributed by atoms with van der Waals surface area (Å²) in [5, 5.41) is 0. The van der Waals surface area contributed by atoms with Gasteiger partial charge in [-0.05, 0) is 23.8 Å². The van der Waals surface area contributed by atoms with Gasteiger partial charge in [-0.3, -0.25) is 9.35 Å². The Kier molecular flexibility index (Phi) is 4.12. The maximum Gasteiger partial charge on any atom is 0.294 e. The molecule has 0 saturated carbocycles. The number of carbonyl (C=O) groups excluding carboxylic acids is 1. The molecule has 0 heterocycles. The van der Waals surface area contributed by atoms with Gasteiger partial charge in [0.05, 0.1) is 4.90 Å². The second-order valence-corrected chi connectivity index (χ2v) is 5.53. The monoisotopic (exact) mass is 288 g/mol. The average molecular weight is 288 g/mol. The molecule has 5 heteroatoms. The SMILES string of the molecule is O=C(/C=C/c1ccc(S(=O)(=O)O)cc1)c1ccccc1. The minimum absolute atomic E-state index is 0.135. The van der Waals surface area contributed by atoms with Crippen molar-refractivity contribution < 1.29 is 17.8 Å². The van der Waals surface area contributed by atoms with Crippen molar-refractivity contribution in [2.24, 2.45) is 0 Å². The molecule has 0 radical (unpaired) electrons. The third-order valence-corrected chi connectivity index (χ3v) is 3.53. The quantitative estimate of drug-likeness (QED) is 0.533. The summed E-state index contributed by atoms with van der Waals surface area (Å²) in [6.07, 6.45) is 3.00. The zero-order valence-corrected chi connectivity index (χ0v) is 11.2. The van der Waals surface area contributed by atoms with Crippen molar-refractivity contribution in [2.45, 2.75) is 4.90 Å². The lowest BCUT2D eigenvalue weighted by Crippen LogP contribution is -1.97. The van der Waals surface area contributed by atoms with E-state index in [9.17, 15) is 13.2 Å². The predicted molar refractivity (Wildman–Crippen MR) is 76.1 cm³/mol. The van der Waals surface area contributed by atoms with Gasteiger partial charge in [0.1, 0.15) is 0 Å². The van der Waals surface area contributed by atoms with E-state index in [0.717, 1.165) is 0 Å². The fourth-order valence-electron chi connectivity index (χ4n) is 1.62. The standard InChI is InChI=1S/C15H12O4S/c16-15(13-4-2-1-3-5-13)11-8-12-6-9-14(10-7-12)20(17,18)19/h1-11H,(H,17,18,19)/b11-8+. The molecule has 0 saturated heterocycles. The average Bonchev–Trinajstić information content (AvgIpc) is 2.45. The lowest BCUT2D eigenvalue weighted by molar-refractivity contribution is 0.104. The Bertz CT molecular complexity index is 729. The molecule has 4 nitrogen and oxygen atoms in total. The number of rotatable bonds is 4. The molecule has 1 N–H and O–H groups in total. The van der Waals surface area contributed by atoms with Crippen LogP contribution in [-0.2, 0) is 10.1 Å². The molecular weight excluding hydrogens is 276 g/mol. The minimum atomic E-state index is -4.18. The van der Waals surface area contributed by atoms with Crippen LogP contribution in [0, 0.1) is 0 Å². The van der Waals surface area contributed by atoms with E-state index in [1.54, 1.807) is 30.3 Å². The van der Waals surface area contributed by atoms with Crippen molar-refractivity contribution in [3.8, 4) is 0 Å². The van der Waals surface area contributed by atoms with Gasteiger partial charge in [-0.1, -0.05) is 48.5 Å². The maximum atomic E-state index is 11.8. The van der Waals surface area contributed by atoms with Crippen LogP contribution in [0.3, 0.4) is 0 Å². The molecule has 0 bridgehead atoms. The molecule has 2 aromatic rings. The first-order valence-electron chi connectivity index (χ1n) is 5.82. The molecule has 0 aliphatic carbocycles. The van der Waals surface area contributed by atoms with Crippen LogP contribution >= 0.6 is 0 Å². The Morgan fingerprint density at radius 2 is 1.55 bits per heavy atom. The van der Waals surface area contributed by atoms with Gasteiger partial charge in [0.25, 0.3) is 10.1 Å². The highest BCUT2D eigenvalue weighted by atomic mass is 32.2. The van der Waals surface area contributed by atoms with Crippen LogP contribution in [0.25, 0.3) is 6.08 Å². The summed E-state index contributed by atoms with van der Waals surface area (Å²) in [5.74, 6) is -0.135. The Morgan fingerprint density at radius 3 is 2.10 bits per heavy atom. The van der Waals surface area contributed by atoms with Gasteiger partial charge >= 0.3 is 0 Å². The third kappa shape index (κ3) is 3.63. The van der Waals surface area contributed by atoms with Crippen LogP contribution < -0.4 is 0 Å². The summed E-state index contributed by atoms with van der Waals surface area (Å²) in [6, 6.07) is 14.4. The first-order chi connectivity index (χ1) is 9.47. The van der Waals surface area contributed by atoms with Gasteiger partial charge in [0.15, 0.2) is 5.78 Å². The molecule has 20 heavy (non-hydrogen) atoms. The fourth-order valence-corrected chi connectivity index (χ4v) is 2.10. The largest absolute Gasteiger partial charge is 0.294 e. The Morgan fingerprint density at radius 1 is 0.950 bits per heavy atom. The van der Waals surface area contributed by atoms with Gasteiger partial charge in [-0.25, -0.2) is 0 Å². The fraction of sp³-hybridized carbons (Fsp3) is 0. The number of ketones is 1. The molecule has 0 aliphatic rings. The van der Waals surface area contributed by atoms with Crippen molar-refractivity contribution >= 4 is 22.0 Å². The Labute approximate surface area is 117 Å². The van der Waals surface area contributed by atoms with E-state index in [4.69, 9.17) is 4.55 Å². The number of benzene rings is 2. The van der Waals surface area contributed by atoms with Crippen LogP contribution in [0.5, 0.6) is 0 Å². The van der Waals surface area contributed by atoms with Crippen molar-refractivity contribution in [1.29, 1.82) is 0 Å². The summed E-state index contributed by atoms with van der Waals surface area (Å²) < 4.78 is 30.6. The smallest absolute Gasteiger partial charge is 0.289 e. The molecule has 0 atom stereocenters. The normalized spacial score (nSPS) is 11.7. The highest BCUT2D eigenvalue weighted by Gasteiger charge is 2.07. The van der Waals surface area contributed by atoms with E-state index >= 15 is 0 Å². The van der Waals surface area contributed by atoms with Crippen molar-refractivity contribution in [2.75, 3.05) is 0 Å². The van der Waals surface area contributed by atoms with E-state index in [2.05, 4.69) is 0 Å². The number of allylic oxidation sites excluding steroid dienone is 1. The number of carbonyl (C=O) groups is 1. The molecular formula is C15H12O4S. The van der Waals surface area contributed by atoms with Crippen LogP contribution in [-0.4, -0.2) is 18.8 Å². The van der Waals surface area contributed by atoms with Crippen molar-refractivity contribution in [3.05, 3.63) is 71.8 Å². The minimum Gasteiger partial charge on any atom is -0.289 e. The molecule has 2 aromatic carbocycles. The van der Waals surface area contributed by atoms with E-state index in [0.29, 0.717) is 11.1 Å². The molecule has 2 rings (SSSR count). The van der Waals surface area contributed by atoms with Crippen LogP contribution in [0.4, 0.5) is 0 Å². The van der Waals surface area contributed by atoms with Gasteiger partial charge in [0.2, 0.25) is 0 Å². The van der Waals surface area contributed by atoms with E-state index in [1.807, 2.05) is 6.07 Å². The molecule has 102 valence electrons. The van der Waals surface area contributed by atoms with Crippen molar-refractivity contribution in [1.82, 2.24) is 0 Å². The Balaban J connectivity index is 2.15. The molecule has 0 unspecified atom stereocenters. The highest BCUT2D eigenvalue weighted by molar-refractivity contribution is 7.85. The first-order valence-corrected chi connectivity index (χ1v) is 7.26. The third-order valence-electron chi connectivity index (χ3n) is 2.66. The van der Waals surface area contributed by atoms with Gasteiger partial charge < -0.3 is 0 Å². The van der Waals surface area contributed by atoms with Crippen molar-refractivity contribution in [3.63, 3.8) is 0 Å². The Hall–Kier alpha value is -2.24. The predicted octanol–water partition coefficient (Wildman–Crippen LogP) is 2.83. The van der Waals surface area contributed by atoms with Gasteiger partial charge in [0, 0.05) is 5.56 Å². The lowest BCUT2D eigenvalue weighted by atomic mass is 10.1. The lowest BCUT2D eigenvalue weighted by Gasteiger charge is -1.98. The van der Waals surface area contributed by atoms with Crippen LogP contribution in [0.1, 0.15) is 15.9 Å². The topological polar surface area (TPSA) is 71.4 Å². The summed E-state index contributed by atoms with van der Waals surface area (Å²) >= 11 is 0. The van der Waals surface area contributed by atoms with Gasteiger partial charge in [-0.15, -0.1) is 0 Å². The van der Waals surface area contributed by atoms with E-state index in [1.165, 1.54) is 30.3 Å². The molecule has 0 fully saturated rings. The van der Waals surface area contributed by atoms with Gasteiger partial charge in [-0.2, -0.15) is 8.42 Å². The number of hydrogen-bond donors (Lipinski definition) is 1. The zero-order chi connectivity index (χ0) is 14.6. The maximum absolute atomic E-state index is 11.8. The first kappa shape index (κ1) is 14.2. The van der Waals surface area contributed by atoms with E-state index < -0.39 is 10.1 Å². The zero-order valence-electron chi connectivity index (χ0n) is 10.4. The molecule has 0 aliphatic heterocycles. The van der Waals surface area contributed by atoms with Crippen LogP contribution in [0.15, 0.2) is 65.6 Å².